The van der Waals surface area contributed by atoms with E-state index in [0.717, 1.165) is 49.1 Å². The van der Waals surface area contributed by atoms with Crippen LogP contribution in [0.1, 0.15) is 30.5 Å². The summed E-state index contributed by atoms with van der Waals surface area (Å²) in [5.41, 5.74) is 2.43. The smallest absolute Gasteiger partial charge is 0.266 e. The average Bonchev–Trinajstić information content (AvgIpc) is 2.72. The summed E-state index contributed by atoms with van der Waals surface area (Å²) in [4.78, 5) is 14.3. The van der Waals surface area contributed by atoms with E-state index in [1.165, 1.54) is 24.8 Å². The van der Waals surface area contributed by atoms with E-state index in [1.54, 1.807) is 23.0 Å². The minimum atomic E-state index is -0.0358. The lowest BCUT2D eigenvalue weighted by Gasteiger charge is -2.35. The molecule has 0 aliphatic carbocycles. The Bertz CT molecular complexity index is 826. The highest BCUT2D eigenvalue weighted by molar-refractivity contribution is 7.98. The molecule has 1 fully saturated rings. The van der Waals surface area contributed by atoms with Gasteiger partial charge in [0.25, 0.3) is 5.56 Å². The van der Waals surface area contributed by atoms with Crippen LogP contribution in [0.25, 0.3) is 0 Å². The number of aromatic nitrogens is 4. The maximum atomic E-state index is 11.9. The molecule has 1 saturated heterocycles. The number of hydrogen-bond donors (Lipinski definition) is 1. The maximum absolute atomic E-state index is 11.9. The Balaban J connectivity index is 1.35. The summed E-state index contributed by atoms with van der Waals surface area (Å²) in [6, 6.07) is 5.86. The molecule has 144 valence electrons. The summed E-state index contributed by atoms with van der Waals surface area (Å²) in [6.07, 6.45) is 6.32. The van der Waals surface area contributed by atoms with E-state index in [2.05, 4.69) is 31.6 Å². The van der Waals surface area contributed by atoms with E-state index >= 15 is 0 Å². The minimum absolute atomic E-state index is 0.0358. The highest BCUT2D eigenvalue weighted by atomic mass is 32.2. The fourth-order valence-corrected chi connectivity index (χ4v) is 4.77. The molecule has 0 aromatic carbocycles. The summed E-state index contributed by atoms with van der Waals surface area (Å²) in [5, 5.41) is 16.4. The zero-order chi connectivity index (χ0) is 18.5. The van der Waals surface area contributed by atoms with Gasteiger partial charge in [0.1, 0.15) is 5.82 Å². The Morgan fingerprint density at radius 2 is 2.22 bits per heavy atom. The van der Waals surface area contributed by atoms with Crippen molar-refractivity contribution in [1.82, 2.24) is 24.9 Å². The lowest BCUT2D eigenvalue weighted by Crippen LogP contribution is -2.45. The highest BCUT2D eigenvalue weighted by Crippen LogP contribution is 2.24. The quantitative estimate of drug-likeness (QED) is 0.811. The topological polar surface area (TPSA) is 75.9 Å². The molecule has 0 saturated carbocycles. The van der Waals surface area contributed by atoms with Crippen LogP contribution in [0.3, 0.4) is 0 Å². The molecule has 2 aromatic heterocycles. The van der Waals surface area contributed by atoms with Crippen LogP contribution in [0.2, 0.25) is 0 Å². The van der Waals surface area contributed by atoms with E-state index in [-0.39, 0.29) is 5.56 Å². The van der Waals surface area contributed by atoms with Crippen LogP contribution in [0, 0.1) is 0 Å². The fraction of sp³-hybridized carbons (Fsp3) is 0.579. The summed E-state index contributed by atoms with van der Waals surface area (Å²) in [5.74, 6) is 3.06. The van der Waals surface area contributed by atoms with Gasteiger partial charge in [0.2, 0.25) is 0 Å². The number of hydrogen-bond acceptors (Lipinski definition) is 7. The molecule has 0 amide bonds. The molecule has 1 unspecified atom stereocenters. The lowest BCUT2D eigenvalue weighted by atomic mass is 10.0. The fourth-order valence-electron chi connectivity index (χ4n) is 3.81. The third kappa shape index (κ3) is 4.68. The predicted octanol–water partition coefficient (Wildman–Crippen LogP) is 1.79. The number of nitrogens with zero attached hydrogens (tertiary/aromatic N) is 5. The first-order chi connectivity index (χ1) is 13.3. The maximum Gasteiger partial charge on any atom is 0.266 e. The van der Waals surface area contributed by atoms with Crippen LogP contribution in [-0.4, -0.2) is 56.3 Å². The molecule has 4 heterocycles. The first kappa shape index (κ1) is 18.4. The number of fused-ring (bicyclic) bond motifs is 1. The Hall–Kier alpha value is -1.93. The molecule has 2 aromatic rings. The monoisotopic (exact) mass is 386 g/mol. The van der Waals surface area contributed by atoms with Gasteiger partial charge in [-0.15, -0.1) is 5.10 Å². The molecule has 4 rings (SSSR count). The van der Waals surface area contributed by atoms with Crippen LogP contribution in [0.5, 0.6) is 0 Å². The molecular weight excluding hydrogens is 360 g/mol. The molecule has 0 radical (unpaired) electrons. The summed E-state index contributed by atoms with van der Waals surface area (Å²) in [7, 11) is 0. The Morgan fingerprint density at radius 1 is 1.26 bits per heavy atom. The van der Waals surface area contributed by atoms with E-state index in [9.17, 15) is 4.79 Å². The second-order valence-electron chi connectivity index (χ2n) is 7.16. The Kier molecular flexibility index (Phi) is 6.03. The first-order valence-electron chi connectivity index (χ1n) is 9.73. The van der Waals surface area contributed by atoms with Gasteiger partial charge in [0.15, 0.2) is 0 Å². The van der Waals surface area contributed by atoms with Gasteiger partial charge in [0.05, 0.1) is 12.2 Å². The second-order valence-corrected chi connectivity index (χ2v) is 8.26. The Morgan fingerprint density at radius 3 is 3.15 bits per heavy atom. The van der Waals surface area contributed by atoms with Gasteiger partial charge in [-0.1, -0.05) is 6.42 Å². The predicted molar refractivity (Wildman–Crippen MR) is 108 cm³/mol. The number of anilines is 1. The summed E-state index contributed by atoms with van der Waals surface area (Å²) < 4.78 is 1.55. The summed E-state index contributed by atoms with van der Waals surface area (Å²) in [6.45, 7) is 3.40. The normalized spacial score (nSPS) is 20.2. The van der Waals surface area contributed by atoms with Crippen molar-refractivity contribution in [1.29, 1.82) is 0 Å². The second kappa shape index (κ2) is 8.84. The number of likely N-dealkylation sites (tertiary alicyclic amines) is 1. The standard InChI is InChI=1S/C19H26N6OS/c26-19-5-3-7-21-25(19)10-9-24-8-2-1-4-16(24)13-20-18-12-15-14-27-11-6-17(15)22-23-18/h3,5,7,12,16H,1-2,4,6,8-11,13-14H2,(H,20,23). The lowest BCUT2D eigenvalue weighted by molar-refractivity contribution is 0.148. The van der Waals surface area contributed by atoms with Gasteiger partial charge < -0.3 is 5.32 Å². The van der Waals surface area contributed by atoms with Crippen molar-refractivity contribution in [3.8, 4) is 0 Å². The average molecular weight is 387 g/mol. The molecule has 0 spiro atoms. The number of piperidine rings is 1. The van der Waals surface area contributed by atoms with Crippen LogP contribution in [-0.2, 0) is 18.7 Å². The highest BCUT2D eigenvalue weighted by Gasteiger charge is 2.22. The molecule has 2 aliphatic rings. The van der Waals surface area contributed by atoms with Crippen molar-refractivity contribution < 1.29 is 0 Å². The first-order valence-corrected chi connectivity index (χ1v) is 10.9. The molecule has 8 heteroatoms. The minimum Gasteiger partial charge on any atom is -0.367 e. The SMILES string of the molecule is O=c1cccnn1CCN1CCCCC1CNc1cc2c(nn1)CCSC2. The molecule has 1 atom stereocenters. The van der Waals surface area contributed by atoms with E-state index in [4.69, 9.17) is 0 Å². The molecule has 7 nitrogen and oxygen atoms in total. The van der Waals surface area contributed by atoms with Crippen molar-refractivity contribution in [3.63, 3.8) is 0 Å². The van der Waals surface area contributed by atoms with E-state index in [1.807, 2.05) is 11.8 Å². The zero-order valence-corrected chi connectivity index (χ0v) is 16.3. The van der Waals surface area contributed by atoms with E-state index < -0.39 is 0 Å². The molecule has 1 N–H and O–H groups in total. The van der Waals surface area contributed by atoms with Crippen LogP contribution in [0.4, 0.5) is 5.82 Å². The number of rotatable bonds is 6. The van der Waals surface area contributed by atoms with Gasteiger partial charge >= 0.3 is 0 Å². The van der Waals surface area contributed by atoms with Crippen LogP contribution < -0.4 is 10.9 Å². The van der Waals surface area contributed by atoms with Crippen molar-refractivity contribution in [2.45, 2.75) is 44.0 Å². The van der Waals surface area contributed by atoms with Crippen molar-refractivity contribution in [3.05, 3.63) is 46.0 Å². The number of aryl methyl sites for hydroxylation is 1. The van der Waals surface area contributed by atoms with Gasteiger partial charge in [-0.25, -0.2) is 4.68 Å². The van der Waals surface area contributed by atoms with Crippen molar-refractivity contribution >= 4 is 17.6 Å². The van der Waals surface area contributed by atoms with Gasteiger partial charge in [-0.2, -0.15) is 22.0 Å². The zero-order valence-electron chi connectivity index (χ0n) is 15.5. The molecule has 27 heavy (non-hydrogen) atoms. The summed E-state index contributed by atoms with van der Waals surface area (Å²) >= 11 is 1.96. The van der Waals surface area contributed by atoms with Gasteiger partial charge in [0, 0.05) is 43.6 Å². The molecule has 2 aliphatic heterocycles. The number of thioether (sulfide) groups is 1. The van der Waals surface area contributed by atoms with E-state index in [0.29, 0.717) is 12.6 Å². The molecule has 0 bridgehead atoms. The number of nitrogens with one attached hydrogen (secondary N) is 1. The largest absolute Gasteiger partial charge is 0.367 e. The van der Waals surface area contributed by atoms with Gasteiger partial charge in [-0.3, -0.25) is 9.69 Å². The Labute approximate surface area is 163 Å². The van der Waals surface area contributed by atoms with Gasteiger partial charge in [-0.05, 0) is 42.8 Å². The van der Waals surface area contributed by atoms with Crippen molar-refractivity contribution in [2.75, 3.05) is 30.7 Å². The molecular formula is C19H26N6OS. The van der Waals surface area contributed by atoms with Crippen molar-refractivity contribution in [2.24, 2.45) is 0 Å². The van der Waals surface area contributed by atoms with Crippen LogP contribution in [0.15, 0.2) is 29.2 Å². The third-order valence-corrected chi connectivity index (χ3v) is 6.36. The third-order valence-electron chi connectivity index (χ3n) is 5.35. The van der Waals surface area contributed by atoms with Crippen LogP contribution >= 0.6 is 11.8 Å².